The Hall–Kier alpha value is -1.75. The smallest absolute Gasteiger partial charge is 0.308 e. The Morgan fingerprint density at radius 1 is 0.594 bits per heavy atom. The molecular weight excluding hydrogens is 420 g/mol. The molecule has 0 saturated carbocycles. The quantitative estimate of drug-likeness (QED) is 0.181. The number of benzene rings is 1. The van der Waals surface area contributed by atoms with Gasteiger partial charge in [0.05, 0.1) is 92.3 Å². The van der Waals surface area contributed by atoms with Crippen molar-refractivity contribution in [1.29, 1.82) is 0 Å². The van der Waals surface area contributed by atoms with E-state index in [0.717, 1.165) is 5.75 Å². The molecule has 0 unspecified atom stereocenters. The van der Waals surface area contributed by atoms with Gasteiger partial charge in [-0.25, -0.2) is 0 Å². The summed E-state index contributed by atoms with van der Waals surface area (Å²) in [7, 11) is 0. The fourth-order valence-electron chi connectivity index (χ4n) is 2.33. The molecule has 9 heteroatoms. The molecule has 0 aliphatic carbocycles. The summed E-state index contributed by atoms with van der Waals surface area (Å²) in [4.78, 5) is 11.1. The lowest BCUT2D eigenvalue weighted by Gasteiger charge is -2.09. The maximum Gasteiger partial charge on any atom is 0.308 e. The molecule has 0 spiro atoms. The van der Waals surface area contributed by atoms with Crippen LogP contribution < -0.4 is 4.74 Å². The predicted octanol–water partition coefficient (Wildman–Crippen LogP) is 2.12. The van der Waals surface area contributed by atoms with E-state index in [1.165, 1.54) is 0 Å². The molecule has 0 atom stereocenters. The lowest BCUT2D eigenvalue weighted by molar-refractivity contribution is -0.144. The highest BCUT2D eigenvalue weighted by Crippen LogP contribution is 2.07. The number of esters is 1. The summed E-state index contributed by atoms with van der Waals surface area (Å²) in [5, 5.41) is 0. The van der Waals surface area contributed by atoms with Gasteiger partial charge in [0.15, 0.2) is 0 Å². The van der Waals surface area contributed by atoms with Crippen molar-refractivity contribution in [3.05, 3.63) is 30.3 Å². The van der Waals surface area contributed by atoms with Crippen LogP contribution in [0.1, 0.15) is 13.3 Å². The summed E-state index contributed by atoms with van der Waals surface area (Å²) in [6.07, 6.45) is 0.264. The first kappa shape index (κ1) is 28.3. The van der Waals surface area contributed by atoms with Gasteiger partial charge in [0.25, 0.3) is 0 Å². The summed E-state index contributed by atoms with van der Waals surface area (Å²) >= 11 is 0. The summed E-state index contributed by atoms with van der Waals surface area (Å²) in [6, 6.07) is 9.65. The van der Waals surface area contributed by atoms with Crippen LogP contribution in [0, 0.1) is 0 Å². The van der Waals surface area contributed by atoms with Crippen LogP contribution in [0.25, 0.3) is 0 Å². The average molecular weight is 459 g/mol. The molecule has 0 aromatic heterocycles. The van der Waals surface area contributed by atoms with Crippen LogP contribution in [-0.2, 0) is 38.0 Å². The minimum atomic E-state index is -0.245. The SMILES string of the molecule is CCOC(=O)CCOCCOCCOCCOCCOCCOCCOc1ccccc1. The van der Waals surface area contributed by atoms with Crippen molar-refractivity contribution in [2.24, 2.45) is 0 Å². The molecule has 1 aromatic rings. The van der Waals surface area contributed by atoms with E-state index in [2.05, 4.69) is 0 Å². The van der Waals surface area contributed by atoms with Crippen molar-refractivity contribution in [3.63, 3.8) is 0 Å². The van der Waals surface area contributed by atoms with Gasteiger partial charge in [0.1, 0.15) is 12.4 Å². The molecule has 9 nitrogen and oxygen atoms in total. The van der Waals surface area contributed by atoms with E-state index in [-0.39, 0.29) is 12.4 Å². The maximum atomic E-state index is 11.1. The first-order valence-corrected chi connectivity index (χ1v) is 11.1. The normalized spacial score (nSPS) is 10.9. The van der Waals surface area contributed by atoms with Crippen molar-refractivity contribution >= 4 is 5.97 Å². The molecule has 1 aromatic carbocycles. The average Bonchev–Trinajstić information content (AvgIpc) is 2.81. The number of rotatable bonds is 23. The van der Waals surface area contributed by atoms with Gasteiger partial charge in [-0.2, -0.15) is 0 Å². The van der Waals surface area contributed by atoms with Gasteiger partial charge in [-0.1, -0.05) is 18.2 Å². The van der Waals surface area contributed by atoms with Gasteiger partial charge in [-0.05, 0) is 19.1 Å². The van der Waals surface area contributed by atoms with E-state index in [1.807, 2.05) is 30.3 Å². The topological polar surface area (TPSA) is 90.9 Å². The second-order valence-corrected chi connectivity index (χ2v) is 6.39. The third kappa shape index (κ3) is 19.0. The Morgan fingerprint density at radius 2 is 1.00 bits per heavy atom. The number of ether oxygens (including phenoxy) is 8. The van der Waals surface area contributed by atoms with Gasteiger partial charge >= 0.3 is 5.97 Å². The first-order chi connectivity index (χ1) is 15.8. The Labute approximate surface area is 191 Å². The monoisotopic (exact) mass is 458 g/mol. The van der Waals surface area contributed by atoms with Crippen LogP contribution in [-0.4, -0.2) is 98.5 Å². The standard InChI is InChI=1S/C23H38O9/c1-2-31-23(24)8-9-25-10-11-26-12-13-27-14-15-28-16-17-29-18-19-30-20-21-32-22-6-4-3-5-7-22/h3-7H,2,8-21H2,1H3. The summed E-state index contributed by atoms with van der Waals surface area (Å²) < 4.78 is 42.7. The number of para-hydroxylation sites is 1. The molecule has 0 N–H and O–H groups in total. The van der Waals surface area contributed by atoms with Crippen LogP contribution >= 0.6 is 0 Å². The molecule has 0 heterocycles. The van der Waals surface area contributed by atoms with E-state index in [9.17, 15) is 4.79 Å². The highest BCUT2D eigenvalue weighted by molar-refractivity contribution is 5.69. The Kier molecular flexibility index (Phi) is 19.8. The van der Waals surface area contributed by atoms with Gasteiger partial charge in [-0.15, -0.1) is 0 Å². The second-order valence-electron chi connectivity index (χ2n) is 6.39. The Morgan fingerprint density at radius 3 is 1.44 bits per heavy atom. The van der Waals surface area contributed by atoms with Crippen molar-refractivity contribution in [3.8, 4) is 5.75 Å². The minimum Gasteiger partial charge on any atom is -0.491 e. The number of hydrogen-bond acceptors (Lipinski definition) is 9. The lowest BCUT2D eigenvalue weighted by Crippen LogP contribution is -2.15. The third-order valence-corrected chi connectivity index (χ3v) is 3.86. The van der Waals surface area contributed by atoms with Crippen molar-refractivity contribution in [1.82, 2.24) is 0 Å². The molecule has 32 heavy (non-hydrogen) atoms. The van der Waals surface area contributed by atoms with Crippen LogP contribution in [0.15, 0.2) is 30.3 Å². The van der Waals surface area contributed by atoms with Crippen molar-refractivity contribution in [2.45, 2.75) is 13.3 Å². The number of carbonyl (C=O) groups excluding carboxylic acids is 1. The zero-order valence-corrected chi connectivity index (χ0v) is 19.2. The molecule has 0 aliphatic heterocycles. The third-order valence-electron chi connectivity index (χ3n) is 3.86. The summed E-state index contributed by atoms with van der Waals surface area (Å²) in [5.41, 5.74) is 0. The molecule has 0 radical (unpaired) electrons. The van der Waals surface area contributed by atoms with Crippen LogP contribution in [0.3, 0.4) is 0 Å². The molecular formula is C23H38O9. The summed E-state index contributed by atoms with van der Waals surface area (Å²) in [5.74, 6) is 0.598. The largest absolute Gasteiger partial charge is 0.491 e. The second kappa shape index (κ2) is 22.4. The highest BCUT2D eigenvalue weighted by atomic mass is 16.6. The summed E-state index contributed by atoms with van der Waals surface area (Å²) in [6.45, 7) is 8.53. The molecule has 0 bridgehead atoms. The van der Waals surface area contributed by atoms with Crippen molar-refractivity contribution < 1.29 is 42.7 Å². The maximum absolute atomic E-state index is 11.1. The fourth-order valence-corrected chi connectivity index (χ4v) is 2.33. The highest BCUT2D eigenvalue weighted by Gasteiger charge is 2.00. The van der Waals surface area contributed by atoms with Gasteiger partial charge in [0, 0.05) is 0 Å². The van der Waals surface area contributed by atoms with E-state index in [1.54, 1.807) is 6.92 Å². The number of hydrogen-bond donors (Lipinski definition) is 0. The van der Waals surface area contributed by atoms with Gasteiger partial charge < -0.3 is 37.9 Å². The van der Waals surface area contributed by atoms with Crippen molar-refractivity contribution in [2.75, 3.05) is 92.5 Å². The van der Waals surface area contributed by atoms with E-state index in [0.29, 0.717) is 92.5 Å². The Balaban J connectivity index is 1.67. The molecule has 1 rings (SSSR count). The Bertz CT molecular complexity index is 527. The first-order valence-electron chi connectivity index (χ1n) is 11.1. The van der Waals surface area contributed by atoms with Crippen LogP contribution in [0.5, 0.6) is 5.75 Å². The molecule has 0 fully saturated rings. The molecule has 0 aliphatic rings. The van der Waals surface area contributed by atoms with Gasteiger partial charge in [0.2, 0.25) is 0 Å². The molecule has 184 valence electrons. The van der Waals surface area contributed by atoms with E-state index < -0.39 is 0 Å². The molecule has 0 amide bonds. The zero-order chi connectivity index (χ0) is 23.0. The minimum absolute atomic E-state index is 0.245. The van der Waals surface area contributed by atoms with E-state index in [4.69, 9.17) is 37.9 Å². The predicted molar refractivity (Wildman–Crippen MR) is 118 cm³/mol. The van der Waals surface area contributed by atoms with Crippen LogP contribution in [0.4, 0.5) is 0 Å². The lowest BCUT2D eigenvalue weighted by atomic mass is 10.3. The molecule has 0 saturated heterocycles. The van der Waals surface area contributed by atoms with E-state index >= 15 is 0 Å². The zero-order valence-electron chi connectivity index (χ0n) is 19.2. The van der Waals surface area contributed by atoms with Gasteiger partial charge in [-0.3, -0.25) is 4.79 Å². The van der Waals surface area contributed by atoms with Crippen LogP contribution in [0.2, 0.25) is 0 Å². The number of carbonyl (C=O) groups is 1. The fraction of sp³-hybridized carbons (Fsp3) is 0.696.